The van der Waals surface area contributed by atoms with Crippen LogP contribution in [0.4, 0.5) is 0 Å². The molecule has 0 aromatic carbocycles. The SMILES string of the molecule is N[CH]C[CH]N. The largest absolute Gasteiger partial charge is 0.326 e. The van der Waals surface area contributed by atoms with Crippen molar-refractivity contribution < 1.29 is 0 Å². The Kier molecular flexibility index (Phi) is 3.86. The first kappa shape index (κ1) is 4.92. The van der Waals surface area contributed by atoms with Crippen LogP contribution in [0.3, 0.4) is 0 Å². The lowest BCUT2D eigenvalue weighted by Crippen LogP contribution is -1.95. The van der Waals surface area contributed by atoms with Gasteiger partial charge in [-0.15, -0.1) is 0 Å². The van der Waals surface area contributed by atoms with Gasteiger partial charge in [-0.2, -0.15) is 0 Å². The Bertz CT molecular complexity index is 12.4. The molecule has 2 nitrogen and oxygen atoms in total. The normalized spacial score (nSPS) is 8.40. The minimum Gasteiger partial charge on any atom is -0.326 e. The van der Waals surface area contributed by atoms with Gasteiger partial charge in [-0.1, -0.05) is 0 Å². The van der Waals surface area contributed by atoms with Gasteiger partial charge in [-0.25, -0.2) is 0 Å². The Morgan fingerprint density at radius 3 is 1.60 bits per heavy atom. The summed E-state index contributed by atoms with van der Waals surface area (Å²) in [5.41, 5.74) is 9.81. The highest BCUT2D eigenvalue weighted by atomic mass is 14.6. The fraction of sp³-hybridized carbons (Fsp3) is 0.333. The molecular weight excluding hydrogens is 64.0 g/mol. The predicted octanol–water partition coefficient (Wildman–Crippen LogP) is -0.383. The number of hydrogen-bond donors (Lipinski definition) is 2. The molecule has 0 amide bonds. The van der Waals surface area contributed by atoms with E-state index in [0.717, 1.165) is 0 Å². The zero-order valence-electron chi connectivity index (χ0n) is 3.02. The predicted molar refractivity (Wildman–Crippen MR) is 21.6 cm³/mol. The molecule has 5 heavy (non-hydrogen) atoms. The van der Waals surface area contributed by atoms with Crippen LogP contribution in [0.25, 0.3) is 0 Å². The molecule has 0 spiro atoms. The molecule has 0 saturated heterocycles. The van der Waals surface area contributed by atoms with Crippen molar-refractivity contribution in [2.75, 3.05) is 0 Å². The molecule has 0 aliphatic heterocycles. The van der Waals surface area contributed by atoms with Gasteiger partial charge in [0.2, 0.25) is 0 Å². The van der Waals surface area contributed by atoms with E-state index in [2.05, 4.69) is 0 Å². The highest BCUT2D eigenvalue weighted by molar-refractivity contribution is 4.62. The van der Waals surface area contributed by atoms with E-state index in [1.165, 1.54) is 13.1 Å². The molecule has 0 aliphatic carbocycles. The highest BCUT2D eigenvalue weighted by Gasteiger charge is 1.69. The molecule has 0 bridgehead atoms. The molecule has 0 aliphatic rings. The fourth-order valence-electron chi connectivity index (χ4n) is 0.0786. The van der Waals surface area contributed by atoms with Crippen molar-refractivity contribution in [2.45, 2.75) is 6.42 Å². The second-order valence-electron chi connectivity index (χ2n) is 0.707. The molecule has 0 atom stereocenters. The van der Waals surface area contributed by atoms with Crippen molar-refractivity contribution in [1.82, 2.24) is 0 Å². The third-order valence-electron chi connectivity index (χ3n) is 0.272. The smallest absolute Gasteiger partial charge is 0.0208 e. The molecule has 4 N–H and O–H groups in total. The minimum absolute atomic E-state index is 0.694. The summed E-state index contributed by atoms with van der Waals surface area (Å²) in [6, 6.07) is 0. The van der Waals surface area contributed by atoms with Crippen LogP contribution >= 0.6 is 0 Å². The van der Waals surface area contributed by atoms with Crippen molar-refractivity contribution in [3.05, 3.63) is 13.1 Å². The first-order valence-electron chi connectivity index (χ1n) is 1.48. The molecule has 0 aromatic heterocycles. The summed E-state index contributed by atoms with van der Waals surface area (Å²) in [5, 5.41) is 0. The summed E-state index contributed by atoms with van der Waals surface area (Å²) in [4.78, 5) is 0. The molecule has 0 saturated carbocycles. The Morgan fingerprint density at radius 2 is 1.60 bits per heavy atom. The van der Waals surface area contributed by atoms with Gasteiger partial charge in [0, 0.05) is 13.1 Å². The third-order valence-corrected chi connectivity index (χ3v) is 0.272. The molecule has 0 aromatic rings. The number of hydrogen-bond acceptors (Lipinski definition) is 2. The lowest BCUT2D eigenvalue weighted by atomic mass is 10.4. The van der Waals surface area contributed by atoms with Crippen molar-refractivity contribution >= 4 is 0 Å². The number of rotatable bonds is 2. The van der Waals surface area contributed by atoms with Crippen LogP contribution in [-0.2, 0) is 0 Å². The van der Waals surface area contributed by atoms with Crippen LogP contribution in [0.5, 0.6) is 0 Å². The van der Waals surface area contributed by atoms with Crippen LogP contribution in [0, 0.1) is 13.1 Å². The van der Waals surface area contributed by atoms with E-state index in [9.17, 15) is 0 Å². The van der Waals surface area contributed by atoms with Crippen molar-refractivity contribution in [3.8, 4) is 0 Å². The molecule has 0 rings (SSSR count). The van der Waals surface area contributed by atoms with Gasteiger partial charge in [0.05, 0.1) is 0 Å². The average molecular weight is 72.1 g/mol. The summed E-state index contributed by atoms with van der Waals surface area (Å²) in [7, 11) is 0. The second kappa shape index (κ2) is 3.92. The molecule has 0 fully saturated rings. The minimum atomic E-state index is 0.694. The van der Waals surface area contributed by atoms with Gasteiger partial charge in [0.25, 0.3) is 0 Å². The quantitative estimate of drug-likeness (QED) is 0.467. The fourth-order valence-corrected chi connectivity index (χ4v) is 0.0786. The molecule has 30 valence electrons. The van der Waals surface area contributed by atoms with Gasteiger partial charge >= 0.3 is 0 Å². The Hall–Kier alpha value is -0.0800. The third kappa shape index (κ3) is 3.92. The van der Waals surface area contributed by atoms with Crippen LogP contribution in [0.2, 0.25) is 0 Å². The summed E-state index contributed by atoms with van der Waals surface area (Å²) >= 11 is 0. The van der Waals surface area contributed by atoms with E-state index in [0.29, 0.717) is 6.42 Å². The Labute approximate surface area is 32.1 Å². The van der Waals surface area contributed by atoms with Gasteiger partial charge in [0.1, 0.15) is 0 Å². The van der Waals surface area contributed by atoms with E-state index in [4.69, 9.17) is 11.5 Å². The maximum absolute atomic E-state index is 4.90. The van der Waals surface area contributed by atoms with E-state index in [1.54, 1.807) is 0 Å². The lowest BCUT2D eigenvalue weighted by Gasteiger charge is -1.79. The zero-order valence-corrected chi connectivity index (χ0v) is 3.02. The van der Waals surface area contributed by atoms with Crippen LogP contribution < -0.4 is 11.5 Å². The summed E-state index contributed by atoms with van der Waals surface area (Å²) < 4.78 is 0. The molecule has 2 heteroatoms. The number of nitrogens with two attached hydrogens (primary N) is 2. The van der Waals surface area contributed by atoms with Gasteiger partial charge in [-0.3, -0.25) is 0 Å². The Morgan fingerprint density at radius 1 is 1.20 bits per heavy atom. The van der Waals surface area contributed by atoms with Crippen molar-refractivity contribution in [3.63, 3.8) is 0 Å². The van der Waals surface area contributed by atoms with Gasteiger partial charge < -0.3 is 11.5 Å². The monoisotopic (exact) mass is 72.1 g/mol. The second-order valence-corrected chi connectivity index (χ2v) is 0.707. The first-order chi connectivity index (χ1) is 2.41. The van der Waals surface area contributed by atoms with Gasteiger partial charge in [-0.05, 0) is 6.42 Å². The van der Waals surface area contributed by atoms with E-state index >= 15 is 0 Å². The van der Waals surface area contributed by atoms with E-state index in [1.807, 2.05) is 0 Å². The standard InChI is InChI=1S/C3H8N2/c4-2-1-3-5/h2-3H,1,4-5H2. The maximum atomic E-state index is 4.90. The zero-order chi connectivity index (χ0) is 4.12. The van der Waals surface area contributed by atoms with Crippen molar-refractivity contribution in [1.29, 1.82) is 0 Å². The molecule has 2 radical (unpaired) electrons. The molecule has 0 heterocycles. The van der Waals surface area contributed by atoms with Crippen molar-refractivity contribution in [2.24, 2.45) is 11.5 Å². The molecule has 0 unspecified atom stereocenters. The maximum Gasteiger partial charge on any atom is 0.0208 e. The van der Waals surface area contributed by atoms with Gasteiger partial charge in [0.15, 0.2) is 0 Å². The van der Waals surface area contributed by atoms with E-state index < -0.39 is 0 Å². The van der Waals surface area contributed by atoms with E-state index in [-0.39, 0.29) is 0 Å². The topological polar surface area (TPSA) is 52.0 Å². The summed E-state index contributed by atoms with van der Waals surface area (Å²) in [6.07, 6.45) is 0.694. The lowest BCUT2D eigenvalue weighted by molar-refractivity contribution is 1.05. The average Bonchev–Trinajstić information content (AvgIpc) is 1.41. The summed E-state index contributed by atoms with van der Waals surface area (Å²) in [6.45, 7) is 3.00. The molecular formula is C3H8N2. The Balaban J connectivity index is 2.19. The summed E-state index contributed by atoms with van der Waals surface area (Å²) in [5.74, 6) is 0. The van der Waals surface area contributed by atoms with Crippen LogP contribution in [-0.4, -0.2) is 0 Å². The van der Waals surface area contributed by atoms with Crippen LogP contribution in [0.1, 0.15) is 6.42 Å². The highest BCUT2D eigenvalue weighted by Crippen LogP contribution is 1.72. The first-order valence-corrected chi connectivity index (χ1v) is 1.48. The van der Waals surface area contributed by atoms with Crippen LogP contribution in [0.15, 0.2) is 0 Å².